The van der Waals surface area contributed by atoms with Gasteiger partial charge in [0, 0.05) is 10.9 Å². The lowest BCUT2D eigenvalue weighted by atomic mass is 10.1. The van der Waals surface area contributed by atoms with Gasteiger partial charge in [0.05, 0.1) is 5.56 Å². The molecule has 0 amide bonds. The van der Waals surface area contributed by atoms with E-state index in [1.54, 1.807) is 25.1 Å². The number of aryl methyl sites for hydroxylation is 1. The van der Waals surface area contributed by atoms with Crippen molar-refractivity contribution in [2.75, 3.05) is 0 Å². The Morgan fingerprint density at radius 3 is 2.33 bits per heavy atom. The van der Waals surface area contributed by atoms with E-state index in [0.29, 0.717) is 10.9 Å². The number of H-pyrrole nitrogens is 1. The molecule has 2 heterocycles. The summed E-state index contributed by atoms with van der Waals surface area (Å²) in [7, 11) is 0. The lowest BCUT2D eigenvalue weighted by Gasteiger charge is -2.05. The molecule has 0 atom stereocenters. The summed E-state index contributed by atoms with van der Waals surface area (Å²) >= 11 is 0. The third-order valence-electron chi connectivity index (χ3n) is 4.27. The molecular weight excluding hydrogens is 366 g/mol. The van der Waals surface area contributed by atoms with Gasteiger partial charge in [-0.05, 0) is 43.3 Å². The smallest absolute Gasteiger partial charge is 0.416 e. The van der Waals surface area contributed by atoms with E-state index in [1.807, 2.05) is 0 Å². The zero-order valence-electron chi connectivity index (χ0n) is 13.9. The van der Waals surface area contributed by atoms with Crippen LogP contribution < -0.4 is 10.1 Å². The second-order valence-electron chi connectivity index (χ2n) is 5.97. The Morgan fingerprint density at radius 2 is 1.70 bits per heavy atom. The van der Waals surface area contributed by atoms with Crippen molar-refractivity contribution in [1.82, 2.24) is 9.90 Å². The molecule has 4 rings (SSSR count). The van der Waals surface area contributed by atoms with Crippen LogP contribution in [-0.4, -0.2) is 15.4 Å². The fraction of sp³-hybridized carbons (Fsp3) is 0.111. The molecular formula is C18H13F4N3O2. The molecule has 2 N–H and O–H groups in total. The number of pyridine rings is 1. The Bertz CT molecular complexity index is 1210. The number of halogens is 4. The highest BCUT2D eigenvalue weighted by Crippen LogP contribution is 2.29. The van der Waals surface area contributed by atoms with Crippen molar-refractivity contribution in [3.05, 3.63) is 75.8 Å². The van der Waals surface area contributed by atoms with E-state index in [0.717, 1.165) is 16.8 Å². The Morgan fingerprint density at radius 1 is 1.04 bits per heavy atom. The first-order valence-electron chi connectivity index (χ1n) is 7.69. The number of nitrogens with one attached hydrogen (secondary N) is 1. The summed E-state index contributed by atoms with van der Waals surface area (Å²) in [6, 6.07) is 10.4. The third kappa shape index (κ3) is 2.85. The first-order chi connectivity index (χ1) is 12.3. The predicted octanol–water partition coefficient (Wildman–Crippen LogP) is 3.35. The zero-order chi connectivity index (χ0) is 18.6. The molecule has 0 spiro atoms. The van der Waals surface area contributed by atoms with E-state index in [2.05, 4.69) is 5.21 Å². The largest absolute Gasteiger partial charge is 0.870 e. The highest BCUT2D eigenvalue weighted by molar-refractivity contribution is 5.79. The summed E-state index contributed by atoms with van der Waals surface area (Å²) in [6.45, 7) is 1.71. The van der Waals surface area contributed by atoms with Gasteiger partial charge >= 0.3 is 11.7 Å². The molecule has 0 aliphatic rings. The molecule has 2 aromatic carbocycles. The molecule has 9 heteroatoms. The Labute approximate surface area is 149 Å². The molecule has 0 saturated heterocycles. The predicted molar refractivity (Wildman–Crippen MR) is 88.7 cm³/mol. The van der Waals surface area contributed by atoms with Crippen LogP contribution in [0.5, 0.6) is 0 Å². The highest BCUT2D eigenvalue weighted by Gasteiger charge is 2.31. The number of nitrogens with zero attached hydrogens (tertiary/aromatic N) is 2. The lowest BCUT2D eigenvalue weighted by molar-refractivity contribution is -0.557. The summed E-state index contributed by atoms with van der Waals surface area (Å²) in [5.41, 5.74) is -0.0397. The van der Waals surface area contributed by atoms with Gasteiger partial charge in [0.25, 0.3) is 0 Å². The first kappa shape index (κ1) is 18.6. The average molecular weight is 379 g/mol. The Balaban J connectivity index is 0.00000210. The van der Waals surface area contributed by atoms with Crippen molar-refractivity contribution in [1.29, 1.82) is 0 Å². The van der Waals surface area contributed by atoms with E-state index in [9.17, 15) is 22.4 Å². The van der Waals surface area contributed by atoms with Gasteiger partial charge in [-0.3, -0.25) is 0 Å². The Kier molecular flexibility index (Phi) is 4.27. The number of aromatic amines is 1. The minimum atomic E-state index is -4.46. The summed E-state index contributed by atoms with van der Waals surface area (Å²) in [4.78, 5) is 12.8. The Hall–Kier alpha value is -3.20. The van der Waals surface area contributed by atoms with Gasteiger partial charge in [-0.1, -0.05) is 22.0 Å². The van der Waals surface area contributed by atoms with Crippen LogP contribution in [0.3, 0.4) is 0 Å². The van der Waals surface area contributed by atoms with Crippen LogP contribution in [0, 0.1) is 12.7 Å². The number of alkyl halides is 3. The molecule has 0 aliphatic carbocycles. The maximum atomic E-state index is 14.3. The van der Waals surface area contributed by atoms with Crippen LogP contribution in [0.2, 0.25) is 0 Å². The van der Waals surface area contributed by atoms with Crippen LogP contribution in [-0.2, 0) is 6.18 Å². The molecule has 0 radical (unpaired) electrons. The van der Waals surface area contributed by atoms with Gasteiger partial charge in [0.1, 0.15) is 0 Å². The van der Waals surface area contributed by atoms with Crippen LogP contribution in [0.25, 0.3) is 22.1 Å². The second kappa shape index (κ2) is 6.20. The van der Waals surface area contributed by atoms with Crippen LogP contribution >= 0.6 is 0 Å². The molecule has 0 bridgehead atoms. The molecule has 5 nitrogen and oxygen atoms in total. The molecule has 0 saturated carbocycles. The normalized spacial score (nSPS) is 11.7. The maximum Gasteiger partial charge on any atom is 0.416 e. The topological polar surface area (TPSA) is 71.9 Å². The zero-order valence-corrected chi connectivity index (χ0v) is 13.9. The molecule has 4 aromatic rings. The molecule has 0 unspecified atom stereocenters. The van der Waals surface area contributed by atoms with Gasteiger partial charge in [0.2, 0.25) is 5.52 Å². The molecule has 140 valence electrons. The van der Waals surface area contributed by atoms with Gasteiger partial charge in [-0.2, -0.15) is 13.2 Å². The number of fused-ring (bicyclic) bond motifs is 3. The standard InChI is InChI=1S/C18H11F4N3O.H2O/c1-10-9-11-3-2-4-14(19)16(11)25-15(10)17(26)24(23-25)13-7-5-12(6-8-13)18(20,21)22;/h2-9H,1H3;1H2. The first-order valence-corrected chi connectivity index (χ1v) is 7.69. The van der Waals surface area contributed by atoms with Crippen molar-refractivity contribution in [3.8, 4) is 5.69 Å². The van der Waals surface area contributed by atoms with E-state index in [-0.39, 0.29) is 22.2 Å². The molecule has 2 aromatic heterocycles. The van der Waals surface area contributed by atoms with Crippen molar-refractivity contribution in [2.45, 2.75) is 13.1 Å². The van der Waals surface area contributed by atoms with Crippen LogP contribution in [0.15, 0.2) is 53.3 Å². The third-order valence-corrected chi connectivity index (χ3v) is 4.27. The number of benzene rings is 2. The van der Waals surface area contributed by atoms with Gasteiger partial charge in [0.15, 0.2) is 17.0 Å². The highest BCUT2D eigenvalue weighted by atomic mass is 19.4. The maximum absolute atomic E-state index is 14.3. The fourth-order valence-electron chi connectivity index (χ4n) is 3.06. The quantitative estimate of drug-likeness (QED) is 0.407. The SMILES string of the molecule is Cc1cc2cccc(F)c2[n+]2[nH]n(-c3ccc(C(F)(F)F)cc3)c(=O)c12.[OH-]. The molecule has 0 aliphatic heterocycles. The van der Waals surface area contributed by atoms with Crippen molar-refractivity contribution in [2.24, 2.45) is 0 Å². The second-order valence-corrected chi connectivity index (χ2v) is 5.97. The number of aromatic nitrogens is 3. The van der Waals surface area contributed by atoms with Crippen LogP contribution in [0.1, 0.15) is 11.1 Å². The lowest BCUT2D eigenvalue weighted by Crippen LogP contribution is -2.28. The van der Waals surface area contributed by atoms with Crippen molar-refractivity contribution < 1.29 is 27.6 Å². The van der Waals surface area contributed by atoms with Gasteiger partial charge in [-0.25, -0.2) is 9.18 Å². The summed E-state index contributed by atoms with van der Waals surface area (Å²) in [5.74, 6) is -0.515. The summed E-state index contributed by atoms with van der Waals surface area (Å²) < 4.78 is 54.9. The number of hydrogen-bond acceptors (Lipinski definition) is 2. The van der Waals surface area contributed by atoms with Crippen LogP contribution in [0.4, 0.5) is 17.6 Å². The van der Waals surface area contributed by atoms with Gasteiger partial charge in [-0.15, -0.1) is 4.52 Å². The van der Waals surface area contributed by atoms with Gasteiger partial charge < -0.3 is 5.48 Å². The number of rotatable bonds is 1. The number of para-hydroxylation sites is 1. The van der Waals surface area contributed by atoms with E-state index in [4.69, 9.17) is 0 Å². The fourth-order valence-corrected chi connectivity index (χ4v) is 3.06. The monoisotopic (exact) mass is 379 g/mol. The molecule has 0 fully saturated rings. The summed E-state index contributed by atoms with van der Waals surface area (Å²) in [5, 5.41) is 3.36. The minimum Gasteiger partial charge on any atom is -0.870 e. The molecule has 27 heavy (non-hydrogen) atoms. The van der Waals surface area contributed by atoms with Crippen molar-refractivity contribution >= 4 is 16.4 Å². The van der Waals surface area contributed by atoms with E-state index < -0.39 is 23.1 Å². The summed E-state index contributed by atoms with van der Waals surface area (Å²) in [6.07, 6.45) is -4.46. The van der Waals surface area contributed by atoms with Crippen molar-refractivity contribution in [3.63, 3.8) is 0 Å². The van der Waals surface area contributed by atoms with E-state index >= 15 is 0 Å². The average Bonchev–Trinajstić information content (AvgIpc) is 2.92. The van der Waals surface area contributed by atoms with E-state index in [1.165, 1.54) is 22.7 Å². The number of hydrogen-bond donors (Lipinski definition) is 1. The minimum absolute atomic E-state index is 0.